The minimum Gasteiger partial charge on any atom is -0.449 e. The van der Waals surface area contributed by atoms with E-state index in [-0.39, 0.29) is 5.82 Å². The van der Waals surface area contributed by atoms with Crippen molar-refractivity contribution in [1.29, 1.82) is 0 Å². The van der Waals surface area contributed by atoms with Gasteiger partial charge in [0.2, 0.25) is 0 Å². The van der Waals surface area contributed by atoms with Crippen LogP contribution in [0.2, 0.25) is 0 Å². The Hall–Kier alpha value is -3.15. The van der Waals surface area contributed by atoms with Gasteiger partial charge < -0.3 is 14.6 Å². The highest BCUT2D eigenvalue weighted by Gasteiger charge is 2.20. The molecule has 1 amide bonds. The third kappa shape index (κ3) is 3.43. The van der Waals surface area contributed by atoms with Crippen molar-refractivity contribution in [3.63, 3.8) is 0 Å². The molecule has 2 aromatic carbocycles. The number of esters is 1. The number of hydrogen-bond donors (Lipinski definition) is 1. The molecule has 24 heavy (non-hydrogen) atoms. The first-order valence-corrected chi connectivity index (χ1v) is 7.47. The number of carbonyl (C=O) groups is 2. The average Bonchev–Trinajstić information content (AvgIpc) is 2.99. The predicted molar refractivity (Wildman–Crippen MR) is 88.7 cm³/mol. The second kappa shape index (κ2) is 6.54. The third-order valence-electron chi connectivity index (χ3n) is 3.52. The van der Waals surface area contributed by atoms with Crippen LogP contribution in [0.15, 0.2) is 53.1 Å². The van der Waals surface area contributed by atoms with Crippen LogP contribution in [-0.2, 0) is 9.53 Å². The van der Waals surface area contributed by atoms with E-state index in [0.29, 0.717) is 11.3 Å². The quantitative estimate of drug-likeness (QED) is 0.745. The van der Waals surface area contributed by atoms with Crippen molar-refractivity contribution in [3.8, 4) is 0 Å². The number of ether oxygens (including phenoxy) is 1. The highest BCUT2D eigenvalue weighted by Crippen LogP contribution is 2.17. The fraction of sp³-hybridized carbons (Fsp3) is 0.167. The Morgan fingerprint density at radius 1 is 1.12 bits per heavy atom. The number of benzene rings is 2. The van der Waals surface area contributed by atoms with E-state index in [1.54, 1.807) is 25.1 Å². The molecule has 0 fully saturated rings. The lowest BCUT2D eigenvalue weighted by molar-refractivity contribution is -0.123. The summed E-state index contributed by atoms with van der Waals surface area (Å²) in [6.07, 6.45) is -0.957. The number of nitrogens with one attached hydrogen (secondary N) is 1. The monoisotopic (exact) mass is 324 g/mol. The lowest BCUT2D eigenvalue weighted by Crippen LogP contribution is -2.30. The molecule has 0 spiro atoms. The predicted octanol–water partition coefficient (Wildman–Crippen LogP) is 3.32. The van der Waals surface area contributed by atoms with Gasteiger partial charge in [0, 0.05) is 6.07 Å². The minimum absolute atomic E-state index is 0.283. The number of hydrogen-bond acceptors (Lipinski definition) is 5. The molecule has 1 aromatic heterocycles. The number of aryl methyl sites for hydroxylation is 1. The van der Waals surface area contributed by atoms with E-state index >= 15 is 0 Å². The number of anilines is 1. The van der Waals surface area contributed by atoms with Crippen LogP contribution < -0.4 is 5.32 Å². The zero-order valence-corrected chi connectivity index (χ0v) is 13.3. The summed E-state index contributed by atoms with van der Waals surface area (Å²) < 4.78 is 10.1. The van der Waals surface area contributed by atoms with Gasteiger partial charge in [0.05, 0.1) is 5.56 Å². The van der Waals surface area contributed by atoms with E-state index in [1.165, 1.54) is 6.92 Å². The van der Waals surface area contributed by atoms with Gasteiger partial charge in [0.15, 0.2) is 11.9 Å². The molecule has 0 radical (unpaired) electrons. The maximum absolute atomic E-state index is 12.2. The molecule has 0 aliphatic rings. The Labute approximate surface area is 138 Å². The lowest BCUT2D eigenvalue weighted by atomic mass is 10.1. The van der Waals surface area contributed by atoms with Crippen molar-refractivity contribution in [2.24, 2.45) is 0 Å². The van der Waals surface area contributed by atoms with Gasteiger partial charge in [-0.2, -0.15) is 0 Å². The van der Waals surface area contributed by atoms with Crippen LogP contribution in [0.1, 0.15) is 23.0 Å². The van der Waals surface area contributed by atoms with Gasteiger partial charge in [-0.15, -0.1) is 0 Å². The van der Waals surface area contributed by atoms with Crippen LogP contribution in [0.5, 0.6) is 0 Å². The summed E-state index contributed by atoms with van der Waals surface area (Å²) in [5.41, 5.74) is 0.394. The van der Waals surface area contributed by atoms with Crippen molar-refractivity contribution >= 4 is 28.5 Å². The molecule has 6 nitrogen and oxygen atoms in total. The SMILES string of the molecule is Cc1cc(NC(=O)[C@H](C)OC(=O)c2ccc3ccccc3c2)no1. The zero-order valence-electron chi connectivity index (χ0n) is 13.3. The maximum atomic E-state index is 12.2. The second-order valence-electron chi connectivity index (χ2n) is 5.42. The summed E-state index contributed by atoms with van der Waals surface area (Å²) >= 11 is 0. The first-order chi connectivity index (χ1) is 11.5. The molecule has 3 aromatic rings. The van der Waals surface area contributed by atoms with Crippen LogP contribution >= 0.6 is 0 Å². The first kappa shape index (κ1) is 15.7. The number of aromatic nitrogens is 1. The molecular formula is C18H16N2O4. The molecular weight excluding hydrogens is 308 g/mol. The molecule has 3 rings (SSSR count). The molecule has 1 atom stereocenters. The van der Waals surface area contributed by atoms with Gasteiger partial charge in [-0.3, -0.25) is 4.79 Å². The Balaban J connectivity index is 1.67. The highest BCUT2D eigenvalue weighted by molar-refractivity contribution is 5.98. The van der Waals surface area contributed by atoms with E-state index in [4.69, 9.17) is 9.26 Å². The maximum Gasteiger partial charge on any atom is 0.338 e. The van der Waals surface area contributed by atoms with Gasteiger partial charge in [-0.1, -0.05) is 35.5 Å². The normalized spacial score (nSPS) is 11.9. The van der Waals surface area contributed by atoms with Gasteiger partial charge in [-0.25, -0.2) is 4.79 Å². The Kier molecular flexibility index (Phi) is 4.29. The van der Waals surface area contributed by atoms with Crippen molar-refractivity contribution < 1.29 is 18.8 Å². The largest absolute Gasteiger partial charge is 0.449 e. The molecule has 0 unspecified atom stereocenters. The Morgan fingerprint density at radius 2 is 1.88 bits per heavy atom. The van der Waals surface area contributed by atoms with Crippen molar-refractivity contribution in [2.75, 3.05) is 5.32 Å². The van der Waals surface area contributed by atoms with Crippen LogP contribution in [0.4, 0.5) is 5.82 Å². The Morgan fingerprint density at radius 3 is 2.58 bits per heavy atom. The fourth-order valence-corrected chi connectivity index (χ4v) is 2.25. The van der Waals surface area contributed by atoms with Crippen molar-refractivity contribution in [2.45, 2.75) is 20.0 Å². The molecule has 0 saturated carbocycles. The van der Waals surface area contributed by atoms with Crippen molar-refractivity contribution in [1.82, 2.24) is 5.16 Å². The highest BCUT2D eigenvalue weighted by atomic mass is 16.5. The summed E-state index contributed by atoms with van der Waals surface area (Å²) in [5.74, 6) is -0.172. The molecule has 1 heterocycles. The van der Waals surface area contributed by atoms with Crippen molar-refractivity contribution in [3.05, 3.63) is 59.9 Å². The smallest absolute Gasteiger partial charge is 0.338 e. The molecule has 122 valence electrons. The van der Waals surface area contributed by atoms with E-state index in [2.05, 4.69) is 10.5 Å². The molecule has 0 aliphatic heterocycles. The molecule has 6 heteroatoms. The van der Waals surface area contributed by atoms with Crippen LogP contribution in [0, 0.1) is 6.92 Å². The van der Waals surface area contributed by atoms with E-state index in [0.717, 1.165) is 10.8 Å². The summed E-state index contributed by atoms with van der Waals surface area (Å²) in [6, 6.07) is 14.5. The number of rotatable bonds is 4. The summed E-state index contributed by atoms with van der Waals surface area (Å²) in [7, 11) is 0. The first-order valence-electron chi connectivity index (χ1n) is 7.47. The van der Waals surface area contributed by atoms with Crippen LogP contribution in [0.3, 0.4) is 0 Å². The topological polar surface area (TPSA) is 81.4 Å². The number of amides is 1. The minimum atomic E-state index is -0.957. The van der Waals surface area contributed by atoms with E-state index in [1.807, 2.05) is 30.3 Å². The van der Waals surface area contributed by atoms with Gasteiger partial charge in [0.1, 0.15) is 5.76 Å². The van der Waals surface area contributed by atoms with Gasteiger partial charge >= 0.3 is 5.97 Å². The number of carbonyl (C=O) groups excluding carboxylic acids is 2. The molecule has 0 saturated heterocycles. The number of nitrogens with zero attached hydrogens (tertiary/aromatic N) is 1. The van der Waals surface area contributed by atoms with Crippen LogP contribution in [-0.4, -0.2) is 23.1 Å². The standard InChI is InChI=1S/C18H16N2O4/c1-11-9-16(20-24-11)19-17(21)12(2)23-18(22)15-8-7-13-5-3-4-6-14(13)10-15/h3-10,12H,1-2H3,(H,19,20,21)/t12-/m0/s1. The fourth-order valence-electron chi connectivity index (χ4n) is 2.25. The number of fused-ring (bicyclic) bond motifs is 1. The molecule has 0 bridgehead atoms. The van der Waals surface area contributed by atoms with Gasteiger partial charge in [-0.05, 0) is 36.8 Å². The van der Waals surface area contributed by atoms with Gasteiger partial charge in [0.25, 0.3) is 5.91 Å². The molecule has 0 aliphatic carbocycles. The van der Waals surface area contributed by atoms with E-state index < -0.39 is 18.0 Å². The van der Waals surface area contributed by atoms with Crippen LogP contribution in [0.25, 0.3) is 10.8 Å². The summed E-state index contributed by atoms with van der Waals surface area (Å²) in [6.45, 7) is 3.22. The summed E-state index contributed by atoms with van der Waals surface area (Å²) in [5, 5.41) is 8.15. The molecule has 1 N–H and O–H groups in total. The summed E-state index contributed by atoms with van der Waals surface area (Å²) in [4.78, 5) is 24.3. The second-order valence-corrected chi connectivity index (χ2v) is 5.42. The van der Waals surface area contributed by atoms with E-state index in [9.17, 15) is 9.59 Å². The lowest BCUT2D eigenvalue weighted by Gasteiger charge is -2.12. The Bertz CT molecular complexity index is 901. The third-order valence-corrected chi connectivity index (χ3v) is 3.52. The zero-order chi connectivity index (χ0) is 17.1. The average molecular weight is 324 g/mol.